The molecule has 10 nitrogen and oxygen atoms in total. The molecule has 0 fully saturated rings. The SMILES string of the molecule is COc1cc(OC)nc(NC(=O)C2(S(N)(=O)=O)C=CC=CC2C(C)=O)n1. The Kier molecular flexibility index (Phi) is 5.42. The Labute approximate surface area is 150 Å². The van der Waals surface area contributed by atoms with Crippen molar-refractivity contribution >= 4 is 27.7 Å². The number of primary sulfonamides is 1. The summed E-state index contributed by atoms with van der Waals surface area (Å²) < 4.78 is 32.2. The van der Waals surface area contributed by atoms with Gasteiger partial charge in [-0.3, -0.25) is 14.9 Å². The number of hydrogen-bond acceptors (Lipinski definition) is 8. The molecular weight excluding hydrogens is 364 g/mol. The van der Waals surface area contributed by atoms with Gasteiger partial charge in [-0.25, -0.2) is 13.6 Å². The Bertz CT molecular complexity index is 873. The van der Waals surface area contributed by atoms with E-state index in [0.29, 0.717) is 0 Å². The smallest absolute Gasteiger partial charge is 0.254 e. The van der Waals surface area contributed by atoms with Crippen LogP contribution in [0.15, 0.2) is 30.4 Å². The summed E-state index contributed by atoms with van der Waals surface area (Å²) in [6.07, 6.45) is 5.17. The number of nitrogens with zero attached hydrogens (tertiary/aromatic N) is 2. The van der Waals surface area contributed by atoms with Gasteiger partial charge in [-0.15, -0.1) is 0 Å². The van der Waals surface area contributed by atoms with Crippen molar-refractivity contribution in [1.82, 2.24) is 9.97 Å². The van der Waals surface area contributed by atoms with Gasteiger partial charge in [-0.1, -0.05) is 24.3 Å². The third-order valence-corrected chi connectivity index (χ3v) is 5.32. The number of carbonyl (C=O) groups is 2. The summed E-state index contributed by atoms with van der Waals surface area (Å²) in [5.74, 6) is -3.01. The fourth-order valence-electron chi connectivity index (χ4n) is 2.54. The number of methoxy groups -OCH3 is 2. The molecule has 0 aromatic carbocycles. The number of ketones is 1. The third kappa shape index (κ3) is 3.44. The van der Waals surface area contributed by atoms with Crippen molar-refractivity contribution in [3.63, 3.8) is 0 Å². The topological polar surface area (TPSA) is 151 Å². The third-order valence-electron chi connectivity index (χ3n) is 3.81. The highest BCUT2D eigenvalue weighted by Gasteiger charge is 2.55. The summed E-state index contributed by atoms with van der Waals surface area (Å²) in [5, 5.41) is 7.60. The van der Waals surface area contributed by atoms with Gasteiger partial charge in [0.15, 0.2) is 4.75 Å². The van der Waals surface area contributed by atoms with Crippen LogP contribution in [0.25, 0.3) is 0 Å². The van der Waals surface area contributed by atoms with Gasteiger partial charge in [-0.05, 0) is 6.92 Å². The molecule has 0 aliphatic heterocycles. The van der Waals surface area contributed by atoms with Crippen molar-refractivity contribution < 1.29 is 27.5 Å². The number of ether oxygens (including phenoxy) is 2. The van der Waals surface area contributed by atoms with Gasteiger partial charge in [0.25, 0.3) is 5.91 Å². The van der Waals surface area contributed by atoms with Crippen LogP contribution >= 0.6 is 0 Å². The van der Waals surface area contributed by atoms with E-state index in [1.807, 2.05) is 0 Å². The quantitative estimate of drug-likeness (QED) is 0.686. The molecule has 1 aromatic rings. The first kappa shape index (κ1) is 19.5. The molecule has 0 spiro atoms. The lowest BCUT2D eigenvalue weighted by Gasteiger charge is -2.33. The second-order valence-corrected chi connectivity index (χ2v) is 7.17. The van der Waals surface area contributed by atoms with Crippen molar-refractivity contribution in [2.45, 2.75) is 11.7 Å². The van der Waals surface area contributed by atoms with Crippen LogP contribution in [0.1, 0.15) is 6.92 Å². The van der Waals surface area contributed by atoms with Crippen molar-refractivity contribution in [2.24, 2.45) is 11.1 Å². The zero-order chi connectivity index (χ0) is 19.5. The molecule has 0 bridgehead atoms. The second-order valence-electron chi connectivity index (χ2n) is 5.40. The predicted octanol–water partition coefficient (Wildman–Crippen LogP) is -0.209. The first-order chi connectivity index (χ1) is 12.2. The number of Topliss-reactive ketones (excluding diaryl/α,β-unsaturated/α-hetero) is 1. The van der Waals surface area contributed by atoms with E-state index in [9.17, 15) is 18.0 Å². The fraction of sp³-hybridized carbons (Fsp3) is 0.333. The molecule has 1 aliphatic rings. The highest BCUT2D eigenvalue weighted by Crippen LogP contribution is 2.33. The van der Waals surface area contributed by atoms with Crippen LogP contribution in [0, 0.1) is 5.92 Å². The maximum absolute atomic E-state index is 12.9. The number of sulfonamides is 1. The van der Waals surface area contributed by atoms with Gasteiger partial charge < -0.3 is 9.47 Å². The van der Waals surface area contributed by atoms with Crippen LogP contribution in [-0.2, 0) is 19.6 Å². The van der Waals surface area contributed by atoms with E-state index < -0.39 is 32.4 Å². The van der Waals surface area contributed by atoms with E-state index in [0.717, 1.165) is 6.08 Å². The second kappa shape index (κ2) is 7.22. The molecule has 0 saturated heterocycles. The lowest BCUT2D eigenvalue weighted by molar-refractivity contribution is -0.125. The van der Waals surface area contributed by atoms with Gasteiger partial charge in [-0.2, -0.15) is 9.97 Å². The van der Waals surface area contributed by atoms with E-state index in [1.54, 1.807) is 0 Å². The van der Waals surface area contributed by atoms with Crippen molar-refractivity contribution in [3.8, 4) is 11.8 Å². The molecule has 2 rings (SSSR count). The molecule has 3 N–H and O–H groups in total. The number of amides is 1. The van der Waals surface area contributed by atoms with Crippen LogP contribution in [0.2, 0.25) is 0 Å². The van der Waals surface area contributed by atoms with E-state index in [-0.39, 0.29) is 17.7 Å². The molecule has 1 amide bonds. The van der Waals surface area contributed by atoms with Crippen LogP contribution in [-0.4, -0.2) is 49.0 Å². The van der Waals surface area contributed by atoms with Crippen LogP contribution in [0.4, 0.5) is 5.95 Å². The fourth-order valence-corrected chi connectivity index (χ4v) is 3.72. The molecular formula is C15H18N4O6S. The zero-order valence-corrected chi connectivity index (χ0v) is 15.1. The number of nitrogens with one attached hydrogen (secondary N) is 1. The molecule has 2 atom stereocenters. The summed E-state index contributed by atoms with van der Waals surface area (Å²) in [6.45, 7) is 1.17. The molecule has 0 saturated carbocycles. The maximum Gasteiger partial charge on any atom is 0.254 e. The predicted molar refractivity (Wildman–Crippen MR) is 92.1 cm³/mol. The first-order valence-electron chi connectivity index (χ1n) is 7.33. The Morgan fingerprint density at radius 2 is 1.77 bits per heavy atom. The van der Waals surface area contributed by atoms with E-state index in [1.165, 1.54) is 45.4 Å². The summed E-state index contributed by atoms with van der Waals surface area (Å²) in [6, 6.07) is 1.37. The average Bonchev–Trinajstić information content (AvgIpc) is 2.59. The standard InChI is InChI=1S/C15H18N4O6S/c1-9(20)10-6-4-5-7-15(10,26(16,22)23)13(21)19-14-17-11(24-2)8-12(18-14)25-3/h4-8,10H,1-3H3,(H2,16,22,23)(H,17,18,19,21). The minimum atomic E-state index is -4.52. The minimum absolute atomic E-state index is 0.0824. The highest BCUT2D eigenvalue weighted by molar-refractivity contribution is 7.91. The van der Waals surface area contributed by atoms with Crippen LogP contribution in [0.3, 0.4) is 0 Å². The monoisotopic (exact) mass is 382 g/mol. The Morgan fingerprint density at radius 3 is 2.23 bits per heavy atom. The Hall–Kier alpha value is -2.79. The summed E-state index contributed by atoms with van der Waals surface area (Å²) >= 11 is 0. The van der Waals surface area contributed by atoms with Gasteiger partial charge in [0.2, 0.25) is 27.7 Å². The summed E-state index contributed by atoms with van der Waals surface area (Å²) in [5.41, 5.74) is 0. The lowest BCUT2D eigenvalue weighted by atomic mass is 9.84. The summed E-state index contributed by atoms with van der Waals surface area (Å²) in [4.78, 5) is 32.7. The highest BCUT2D eigenvalue weighted by atomic mass is 32.2. The van der Waals surface area contributed by atoms with E-state index >= 15 is 0 Å². The normalized spacial score (nSPS) is 21.9. The number of anilines is 1. The number of aromatic nitrogens is 2. The number of nitrogens with two attached hydrogens (primary N) is 1. The molecule has 26 heavy (non-hydrogen) atoms. The molecule has 2 unspecified atom stereocenters. The first-order valence-corrected chi connectivity index (χ1v) is 8.87. The minimum Gasteiger partial charge on any atom is -0.481 e. The molecule has 0 radical (unpaired) electrons. The summed E-state index contributed by atoms with van der Waals surface area (Å²) in [7, 11) is -1.83. The van der Waals surface area contributed by atoms with Crippen molar-refractivity contribution in [1.29, 1.82) is 0 Å². The molecule has 1 heterocycles. The maximum atomic E-state index is 12.9. The number of allylic oxidation sites excluding steroid dienone is 3. The van der Waals surface area contributed by atoms with Gasteiger partial charge in [0.1, 0.15) is 5.78 Å². The number of hydrogen-bond donors (Lipinski definition) is 2. The Morgan fingerprint density at radius 1 is 1.19 bits per heavy atom. The molecule has 1 aromatic heterocycles. The van der Waals surface area contributed by atoms with Crippen LogP contribution < -0.4 is 19.9 Å². The lowest BCUT2D eigenvalue weighted by Crippen LogP contribution is -2.58. The van der Waals surface area contributed by atoms with E-state index in [2.05, 4.69) is 15.3 Å². The van der Waals surface area contributed by atoms with Gasteiger partial charge >= 0.3 is 0 Å². The number of rotatable bonds is 6. The molecule has 1 aliphatic carbocycles. The van der Waals surface area contributed by atoms with Crippen molar-refractivity contribution in [3.05, 3.63) is 30.4 Å². The average molecular weight is 382 g/mol. The molecule has 140 valence electrons. The van der Waals surface area contributed by atoms with E-state index in [4.69, 9.17) is 14.6 Å². The van der Waals surface area contributed by atoms with Crippen LogP contribution in [0.5, 0.6) is 11.8 Å². The van der Waals surface area contributed by atoms with Crippen molar-refractivity contribution in [2.75, 3.05) is 19.5 Å². The molecule has 11 heteroatoms. The largest absolute Gasteiger partial charge is 0.481 e. The Balaban J connectivity index is 2.52. The number of carbonyl (C=O) groups excluding carboxylic acids is 2. The van der Waals surface area contributed by atoms with Gasteiger partial charge in [0.05, 0.1) is 26.2 Å². The van der Waals surface area contributed by atoms with Gasteiger partial charge in [0, 0.05) is 0 Å². The zero-order valence-electron chi connectivity index (χ0n) is 14.3.